The van der Waals surface area contributed by atoms with Crippen LogP contribution in [0.5, 0.6) is 0 Å². The molecule has 3 N–H and O–H groups in total. The lowest BCUT2D eigenvalue weighted by molar-refractivity contribution is -0.143. The molecule has 0 spiro atoms. The number of benzene rings is 1. The monoisotopic (exact) mass is 359 g/mol. The van der Waals surface area contributed by atoms with Gasteiger partial charge in [0.2, 0.25) is 0 Å². The Morgan fingerprint density at radius 1 is 1.35 bits per heavy atom. The van der Waals surface area contributed by atoms with Crippen LogP contribution in [0.15, 0.2) is 30.3 Å². The third-order valence-corrected chi connectivity index (χ3v) is 4.38. The normalized spacial score (nSPS) is 19.4. The van der Waals surface area contributed by atoms with Crippen molar-refractivity contribution in [2.75, 3.05) is 13.1 Å². The zero-order valence-electron chi connectivity index (χ0n) is 15.3. The molecule has 2 atom stereocenters. The van der Waals surface area contributed by atoms with E-state index < -0.39 is 23.7 Å². The minimum Gasteiger partial charge on any atom is -0.480 e. The number of aromatic nitrogens is 1. The summed E-state index contributed by atoms with van der Waals surface area (Å²) in [5.74, 6) is -0.908. The molecule has 7 nitrogen and oxygen atoms in total. The van der Waals surface area contributed by atoms with Crippen LogP contribution < -0.4 is 5.32 Å². The molecule has 140 valence electrons. The van der Waals surface area contributed by atoms with Crippen molar-refractivity contribution in [3.05, 3.63) is 36.0 Å². The van der Waals surface area contributed by atoms with Crippen LogP contribution in [-0.4, -0.2) is 51.8 Å². The average Bonchev–Trinajstić information content (AvgIpc) is 3.12. The van der Waals surface area contributed by atoms with E-state index in [1.54, 1.807) is 0 Å². The van der Waals surface area contributed by atoms with Crippen LogP contribution in [0.2, 0.25) is 0 Å². The summed E-state index contributed by atoms with van der Waals surface area (Å²) in [6.07, 6.45) is 0.213. The number of fused-ring (bicyclic) bond motifs is 1. The van der Waals surface area contributed by atoms with Crippen molar-refractivity contribution in [3.8, 4) is 0 Å². The smallest absolute Gasteiger partial charge is 0.407 e. The maximum Gasteiger partial charge on any atom is 0.407 e. The molecule has 1 aromatic heterocycles. The van der Waals surface area contributed by atoms with Crippen LogP contribution in [-0.2, 0) is 9.53 Å². The number of hydrogen-bond donors (Lipinski definition) is 3. The van der Waals surface area contributed by atoms with Gasteiger partial charge in [0.05, 0.1) is 0 Å². The average molecular weight is 359 g/mol. The first-order chi connectivity index (χ1) is 12.2. The van der Waals surface area contributed by atoms with Crippen LogP contribution in [0.25, 0.3) is 10.9 Å². The molecule has 1 saturated heterocycles. The summed E-state index contributed by atoms with van der Waals surface area (Å²) < 4.78 is 5.28. The lowest BCUT2D eigenvalue weighted by Crippen LogP contribution is -2.41. The van der Waals surface area contributed by atoms with Crippen molar-refractivity contribution >= 4 is 23.0 Å². The largest absolute Gasteiger partial charge is 0.480 e. The summed E-state index contributed by atoms with van der Waals surface area (Å²) in [5.41, 5.74) is 1.00. The number of carboxylic acid groups (broad SMARTS) is 1. The van der Waals surface area contributed by atoms with Crippen LogP contribution in [0.3, 0.4) is 0 Å². The molecule has 0 radical (unpaired) electrons. The molecule has 26 heavy (non-hydrogen) atoms. The highest BCUT2D eigenvalue weighted by atomic mass is 16.6. The van der Waals surface area contributed by atoms with Crippen molar-refractivity contribution in [2.24, 2.45) is 0 Å². The van der Waals surface area contributed by atoms with Crippen molar-refractivity contribution < 1.29 is 19.4 Å². The van der Waals surface area contributed by atoms with Crippen molar-refractivity contribution in [1.82, 2.24) is 15.2 Å². The zero-order chi connectivity index (χ0) is 18.9. The van der Waals surface area contributed by atoms with Gasteiger partial charge in [-0.1, -0.05) is 18.2 Å². The summed E-state index contributed by atoms with van der Waals surface area (Å²) in [6, 6.07) is 8.69. The first-order valence-corrected chi connectivity index (χ1v) is 8.77. The van der Waals surface area contributed by atoms with Gasteiger partial charge in [-0.3, -0.25) is 9.69 Å². The summed E-state index contributed by atoms with van der Waals surface area (Å²) in [4.78, 5) is 28.9. The Labute approximate surface area is 152 Å². The van der Waals surface area contributed by atoms with Crippen molar-refractivity contribution in [2.45, 2.75) is 44.9 Å². The Bertz CT molecular complexity index is 775. The number of hydrogen-bond acceptors (Lipinski definition) is 4. The number of ether oxygens (including phenoxy) is 1. The highest BCUT2D eigenvalue weighted by molar-refractivity contribution is 5.83. The fourth-order valence-corrected chi connectivity index (χ4v) is 3.34. The van der Waals surface area contributed by atoms with Gasteiger partial charge in [-0.25, -0.2) is 4.79 Å². The summed E-state index contributed by atoms with van der Waals surface area (Å²) >= 11 is 0. The molecular weight excluding hydrogens is 334 g/mol. The van der Waals surface area contributed by atoms with Gasteiger partial charge in [0, 0.05) is 30.3 Å². The number of aromatic amines is 1. The number of carbonyl (C=O) groups excluding carboxylic acids is 1. The van der Waals surface area contributed by atoms with E-state index in [1.165, 1.54) is 0 Å². The van der Waals surface area contributed by atoms with E-state index in [0.29, 0.717) is 25.2 Å². The van der Waals surface area contributed by atoms with Gasteiger partial charge in [-0.2, -0.15) is 0 Å². The van der Waals surface area contributed by atoms with Crippen LogP contribution in [0.4, 0.5) is 4.79 Å². The topological polar surface area (TPSA) is 94.7 Å². The molecule has 0 bridgehead atoms. The molecule has 1 aliphatic heterocycles. The first-order valence-electron chi connectivity index (χ1n) is 8.77. The SMILES string of the molecule is CC(C)(C)OC(=O)N[C@@H]1CCN([C@@H](C(=O)O)c2cc3ccccc3[nH]2)C1. The fourth-order valence-electron chi connectivity index (χ4n) is 3.34. The van der Waals surface area contributed by atoms with Gasteiger partial charge in [0.25, 0.3) is 0 Å². The Morgan fingerprint density at radius 3 is 2.73 bits per heavy atom. The highest BCUT2D eigenvalue weighted by Gasteiger charge is 2.35. The van der Waals surface area contributed by atoms with Crippen molar-refractivity contribution in [3.63, 3.8) is 0 Å². The van der Waals surface area contributed by atoms with Crippen LogP contribution >= 0.6 is 0 Å². The quantitative estimate of drug-likeness (QED) is 0.780. The second-order valence-electron chi connectivity index (χ2n) is 7.68. The second kappa shape index (κ2) is 6.99. The molecule has 1 amide bonds. The number of nitrogens with one attached hydrogen (secondary N) is 2. The maximum absolute atomic E-state index is 11.9. The highest BCUT2D eigenvalue weighted by Crippen LogP contribution is 2.28. The number of carbonyl (C=O) groups is 2. The van der Waals surface area contributed by atoms with E-state index in [4.69, 9.17) is 4.74 Å². The predicted octanol–water partition coefficient (Wildman–Crippen LogP) is 2.89. The van der Waals surface area contributed by atoms with E-state index in [0.717, 1.165) is 10.9 Å². The number of para-hydroxylation sites is 1. The molecule has 0 aliphatic carbocycles. The van der Waals surface area contributed by atoms with E-state index >= 15 is 0 Å². The predicted molar refractivity (Wildman–Crippen MR) is 98.0 cm³/mol. The number of carboxylic acids is 1. The molecule has 2 heterocycles. The Balaban J connectivity index is 1.70. The van der Waals surface area contributed by atoms with E-state index in [2.05, 4.69) is 10.3 Å². The van der Waals surface area contributed by atoms with Crippen LogP contribution in [0, 0.1) is 0 Å². The standard InChI is InChI=1S/C19H25N3O4/c1-19(2,3)26-18(25)20-13-8-9-22(11-13)16(17(23)24)15-10-12-6-4-5-7-14(12)21-15/h4-7,10,13,16,21H,8-9,11H2,1-3H3,(H,20,25)(H,23,24)/t13-,16-/m1/s1. The summed E-state index contributed by atoms with van der Waals surface area (Å²) in [7, 11) is 0. The Morgan fingerprint density at radius 2 is 2.08 bits per heavy atom. The van der Waals surface area contributed by atoms with Crippen LogP contribution in [0.1, 0.15) is 38.9 Å². The number of amides is 1. The zero-order valence-corrected chi connectivity index (χ0v) is 15.3. The minimum atomic E-state index is -0.908. The van der Waals surface area contributed by atoms with E-state index in [1.807, 2.05) is 56.0 Å². The number of nitrogens with zero attached hydrogens (tertiary/aromatic N) is 1. The molecule has 1 fully saturated rings. The third-order valence-electron chi connectivity index (χ3n) is 4.38. The molecule has 1 aromatic carbocycles. The number of aliphatic carboxylic acids is 1. The molecule has 2 aromatic rings. The maximum atomic E-state index is 11.9. The molecule has 7 heteroatoms. The lowest BCUT2D eigenvalue weighted by Gasteiger charge is -2.24. The third kappa shape index (κ3) is 4.16. The number of alkyl carbamates (subject to hydrolysis) is 1. The number of likely N-dealkylation sites (tertiary alicyclic amines) is 1. The minimum absolute atomic E-state index is 0.129. The fraction of sp³-hybridized carbons (Fsp3) is 0.474. The Hall–Kier alpha value is -2.54. The Kier molecular flexibility index (Phi) is 4.91. The molecule has 0 unspecified atom stereocenters. The van der Waals surface area contributed by atoms with E-state index in [9.17, 15) is 14.7 Å². The molecule has 3 rings (SSSR count). The number of H-pyrrole nitrogens is 1. The summed E-state index contributed by atoms with van der Waals surface area (Å²) in [6.45, 7) is 6.48. The van der Waals surface area contributed by atoms with Gasteiger partial charge in [0.15, 0.2) is 0 Å². The second-order valence-corrected chi connectivity index (χ2v) is 7.68. The van der Waals surface area contributed by atoms with Gasteiger partial charge in [-0.05, 0) is 44.7 Å². The van der Waals surface area contributed by atoms with Gasteiger partial charge in [-0.15, -0.1) is 0 Å². The van der Waals surface area contributed by atoms with E-state index in [-0.39, 0.29) is 6.04 Å². The molecule has 0 saturated carbocycles. The number of rotatable bonds is 4. The summed E-state index contributed by atoms with van der Waals surface area (Å²) in [5, 5.41) is 13.6. The van der Waals surface area contributed by atoms with Gasteiger partial charge in [0.1, 0.15) is 11.6 Å². The van der Waals surface area contributed by atoms with Crippen molar-refractivity contribution in [1.29, 1.82) is 0 Å². The molecule has 1 aliphatic rings. The first kappa shape index (κ1) is 18.3. The molecular formula is C19H25N3O4. The van der Waals surface area contributed by atoms with Gasteiger partial charge >= 0.3 is 12.1 Å². The van der Waals surface area contributed by atoms with Gasteiger partial charge < -0.3 is 20.1 Å². The lowest BCUT2D eigenvalue weighted by atomic mass is 10.1.